The Bertz CT molecular complexity index is 3950. The largest absolute Gasteiger partial charge is 0.465 e. The van der Waals surface area contributed by atoms with Gasteiger partial charge in [0.25, 0.3) is 11.8 Å². The molecule has 1 aliphatic heterocycles. The molecule has 0 saturated carbocycles. The van der Waals surface area contributed by atoms with E-state index in [2.05, 4.69) is 63.2 Å². The van der Waals surface area contributed by atoms with Gasteiger partial charge in [0.15, 0.2) is 0 Å². The second-order valence-electron chi connectivity index (χ2n) is 23.8. The van der Waals surface area contributed by atoms with Gasteiger partial charge in [-0.1, -0.05) is 132 Å². The number of furan rings is 2. The minimum absolute atomic E-state index is 0.00939. The fourth-order valence-electron chi connectivity index (χ4n) is 11.5. The average Bonchev–Trinajstić information content (AvgIpc) is 1.63. The maximum atomic E-state index is 14.6. The van der Waals surface area contributed by atoms with E-state index < -0.39 is 143 Å². The molecule has 0 aliphatic carbocycles. The molecular weight excluding hydrogens is 1320 g/mol. The Hall–Kier alpha value is -12.1. The molecule has 32 heteroatoms. The van der Waals surface area contributed by atoms with Crippen LogP contribution in [0, 0.1) is 0 Å². The number of nitrogens with zero attached hydrogens (tertiary/aromatic N) is 6. The zero-order chi connectivity index (χ0) is 72.7. The molecule has 8 amide bonds. The minimum Gasteiger partial charge on any atom is -0.465 e. The standard InChI is InChI=1S/C70H78N14O18/c1-97-65(91)55-53-27-25-45(39-85)75-69(95)77-51(31-43-21-13-7-14-22-43)61(87)71-34-50-38-84(82-80-50)36-48(30-42-19-11-6-12-20-42)74-64(90)60-58(68(94)100-4)56(66(92)98-2)54(102-60)28-26-46(40-86)76-70(96)78-52(32-44-23-15-8-16-24-44)62(88)72-33-49-37-83(81-79-49)35-47(29-41-17-9-5-10-18-41)73-63(89)59(101-53)57(55)67(93)99-3/h5-24,37-38,45-48,51-52,85-86H,25-36,39-40H2,1-4H3,(H,71,87)(H,72,88)(H,73,89)(H,74,90)(H2,75,77,95)(H2,76,78,96)/t45-,46-,47+,48+,51-,52-/m1/s1. The predicted octanol–water partition coefficient (Wildman–Crippen LogP) is 2.64. The lowest BCUT2D eigenvalue weighted by atomic mass is 10.0. The number of rotatable bonds is 14. The summed E-state index contributed by atoms with van der Waals surface area (Å²) in [6.45, 7) is -1.92. The number of fused-ring (bicyclic) bond motifs is 8. The molecule has 32 nitrogen and oxygen atoms in total. The molecule has 8 bridgehead atoms. The quantitative estimate of drug-likeness (QED) is 0.0552. The summed E-state index contributed by atoms with van der Waals surface area (Å²) in [4.78, 5) is 140. The monoisotopic (exact) mass is 1400 g/mol. The van der Waals surface area contributed by atoms with Crippen LogP contribution < -0.4 is 42.5 Å². The summed E-state index contributed by atoms with van der Waals surface area (Å²) < 4.78 is 35.3. The number of carbonyl (C=O) groups is 10. The fourth-order valence-corrected chi connectivity index (χ4v) is 11.5. The van der Waals surface area contributed by atoms with Crippen LogP contribution in [0.3, 0.4) is 0 Å². The van der Waals surface area contributed by atoms with Gasteiger partial charge in [0.05, 0.1) is 104 Å². The van der Waals surface area contributed by atoms with Crippen molar-refractivity contribution in [1.29, 1.82) is 0 Å². The Morgan fingerprint density at radius 1 is 0.441 bits per heavy atom. The first-order valence-electron chi connectivity index (χ1n) is 32.5. The maximum Gasteiger partial charge on any atom is 0.342 e. The van der Waals surface area contributed by atoms with E-state index in [1.807, 2.05) is 24.3 Å². The highest BCUT2D eigenvalue weighted by atomic mass is 16.5. The molecule has 0 fully saturated rings. The SMILES string of the molecule is COC(=O)c1c2oc(c1C(=O)OC)C(=O)N[C@@H](Cc1ccccc1)Cn1cc(nn1)CNC(=O)[C@@H](Cc1ccccc1)NC(=O)N[C@@H](CO)CCc1oc(c(C(=O)OC)c1C(=O)OC)C(=O)N[C@@H](Cc1ccccc1)Cn1cc(nn1)CNC(=O)[C@@H](Cc1ccccc1)NC(=O)N[C@@H](CO)CC2. The van der Waals surface area contributed by atoms with Gasteiger partial charge >= 0.3 is 35.9 Å². The number of hydrogen-bond acceptors (Lipinski definition) is 22. The van der Waals surface area contributed by atoms with Crippen LogP contribution in [-0.2, 0) is 93.2 Å². The van der Waals surface area contributed by atoms with E-state index in [0.29, 0.717) is 11.1 Å². The third kappa shape index (κ3) is 20.1. The van der Waals surface area contributed by atoms with Crippen molar-refractivity contribution in [2.75, 3.05) is 41.7 Å². The summed E-state index contributed by atoms with van der Waals surface area (Å²) in [6, 6.07) is 27.5. The molecule has 0 unspecified atom stereocenters. The van der Waals surface area contributed by atoms with Crippen LogP contribution in [0.5, 0.6) is 0 Å². The van der Waals surface area contributed by atoms with Crippen molar-refractivity contribution in [1.82, 2.24) is 72.5 Å². The van der Waals surface area contributed by atoms with Crippen molar-refractivity contribution in [3.05, 3.63) is 213 Å². The summed E-state index contributed by atoms with van der Waals surface area (Å²) >= 11 is 0. The first-order valence-corrected chi connectivity index (χ1v) is 32.5. The van der Waals surface area contributed by atoms with Crippen molar-refractivity contribution < 1.29 is 85.9 Å². The van der Waals surface area contributed by atoms with Gasteiger partial charge < -0.3 is 80.5 Å². The second kappa shape index (κ2) is 36.1. The van der Waals surface area contributed by atoms with Gasteiger partial charge in [-0.15, -0.1) is 10.2 Å². The number of esters is 4. The number of hydrogen-bond donors (Lipinski definition) is 10. The van der Waals surface area contributed by atoms with Gasteiger partial charge in [-0.25, -0.2) is 28.8 Å². The molecule has 4 aromatic carbocycles. The van der Waals surface area contributed by atoms with E-state index >= 15 is 0 Å². The van der Waals surface area contributed by atoms with Crippen LogP contribution >= 0.6 is 0 Å². The van der Waals surface area contributed by atoms with Gasteiger partial charge in [-0.2, -0.15) is 0 Å². The minimum atomic E-state index is -1.24. The number of aromatic nitrogens is 6. The van der Waals surface area contributed by atoms with E-state index in [-0.39, 0.29) is 100 Å². The normalized spacial score (nSPS) is 18.7. The molecule has 0 radical (unpaired) electrons. The van der Waals surface area contributed by atoms with Crippen LogP contribution in [0.15, 0.2) is 143 Å². The number of ether oxygens (including phenoxy) is 4. The van der Waals surface area contributed by atoms with Crippen molar-refractivity contribution in [3.8, 4) is 0 Å². The fraction of sp³-hybridized carbons (Fsp3) is 0.343. The highest BCUT2D eigenvalue weighted by molar-refractivity contribution is 6.12. The van der Waals surface area contributed by atoms with Gasteiger partial charge in [0.1, 0.15) is 57.2 Å². The molecule has 9 rings (SSSR count). The zero-order valence-electron chi connectivity index (χ0n) is 56.2. The van der Waals surface area contributed by atoms with Gasteiger partial charge in [0.2, 0.25) is 23.3 Å². The summed E-state index contributed by atoms with van der Waals surface area (Å²) in [5.41, 5.74) is 1.31. The third-order valence-corrected chi connectivity index (χ3v) is 16.5. The molecule has 6 atom stereocenters. The number of carbonyl (C=O) groups excluding carboxylic acids is 10. The number of nitrogens with one attached hydrogen (secondary N) is 8. The molecule has 0 spiro atoms. The smallest absolute Gasteiger partial charge is 0.342 e. The molecule has 0 saturated heterocycles. The summed E-state index contributed by atoms with van der Waals surface area (Å²) in [5.74, 6) is -9.36. The van der Waals surface area contributed by atoms with Crippen molar-refractivity contribution in [3.63, 3.8) is 0 Å². The number of aliphatic hydroxyl groups excluding tert-OH is 2. The van der Waals surface area contributed by atoms with Crippen LogP contribution in [0.2, 0.25) is 0 Å². The third-order valence-electron chi connectivity index (χ3n) is 16.5. The lowest BCUT2D eigenvalue weighted by Crippen LogP contribution is -2.53. The van der Waals surface area contributed by atoms with Crippen molar-refractivity contribution >= 4 is 59.6 Å². The lowest BCUT2D eigenvalue weighted by Gasteiger charge is -2.21. The lowest BCUT2D eigenvalue weighted by molar-refractivity contribution is -0.123. The topological polar surface area (TPSA) is 432 Å². The van der Waals surface area contributed by atoms with E-state index in [1.54, 1.807) is 97.1 Å². The first-order chi connectivity index (χ1) is 49.4. The molecule has 102 heavy (non-hydrogen) atoms. The van der Waals surface area contributed by atoms with E-state index in [9.17, 15) is 58.2 Å². The summed E-state index contributed by atoms with van der Waals surface area (Å²) in [7, 11) is 4.18. The molecule has 10 N–H and O–H groups in total. The van der Waals surface area contributed by atoms with E-state index in [1.165, 1.54) is 21.8 Å². The Kier molecular flexibility index (Phi) is 26.3. The van der Waals surface area contributed by atoms with E-state index in [4.69, 9.17) is 27.8 Å². The highest BCUT2D eigenvalue weighted by Gasteiger charge is 2.38. The number of aryl methyl sites for hydroxylation is 2. The number of urea groups is 2. The van der Waals surface area contributed by atoms with Crippen LogP contribution in [0.1, 0.15) is 121 Å². The van der Waals surface area contributed by atoms with Gasteiger partial charge in [-0.3, -0.25) is 28.5 Å². The second-order valence-corrected chi connectivity index (χ2v) is 23.8. The summed E-state index contributed by atoms with van der Waals surface area (Å²) in [5, 5.41) is 60.4. The Morgan fingerprint density at radius 2 is 0.765 bits per heavy atom. The van der Waals surface area contributed by atoms with Crippen LogP contribution in [0.4, 0.5) is 9.59 Å². The average molecular weight is 1400 g/mol. The number of amides is 8. The van der Waals surface area contributed by atoms with Gasteiger partial charge in [0, 0.05) is 25.7 Å². The molecule has 536 valence electrons. The Morgan fingerprint density at radius 3 is 1.09 bits per heavy atom. The first kappa shape index (κ1) is 74.2. The summed E-state index contributed by atoms with van der Waals surface area (Å²) in [6.07, 6.45) is 2.43. The van der Waals surface area contributed by atoms with Gasteiger partial charge in [-0.05, 0) is 47.9 Å². The Balaban J connectivity index is 1.04. The highest BCUT2D eigenvalue weighted by Crippen LogP contribution is 2.29. The van der Waals surface area contributed by atoms with E-state index in [0.717, 1.165) is 39.6 Å². The van der Waals surface area contributed by atoms with Crippen LogP contribution in [0.25, 0.3) is 0 Å². The molecule has 1 aliphatic rings. The maximum absolute atomic E-state index is 14.6. The molecule has 4 aromatic heterocycles. The van der Waals surface area contributed by atoms with Crippen LogP contribution in [-0.4, -0.2) is 178 Å². The Labute approximate surface area is 583 Å². The molecule has 8 aromatic rings. The van der Waals surface area contributed by atoms with Crippen molar-refractivity contribution in [2.24, 2.45) is 0 Å². The molecule has 5 heterocycles. The zero-order valence-corrected chi connectivity index (χ0v) is 56.2. The number of aliphatic hydroxyl groups is 2. The predicted molar refractivity (Wildman–Crippen MR) is 359 cm³/mol. The number of methoxy groups -OCH3 is 4. The number of benzene rings is 4. The van der Waals surface area contributed by atoms with Crippen molar-refractivity contribution in [2.45, 2.75) is 114 Å². The molecular formula is C70H78N14O18.